The third kappa shape index (κ3) is 4.03. The zero-order chi connectivity index (χ0) is 13.5. The predicted molar refractivity (Wildman–Crippen MR) is 74.1 cm³/mol. The summed E-state index contributed by atoms with van der Waals surface area (Å²) in [5.41, 5.74) is 3.79. The minimum Gasteiger partial charge on any atom is -0.497 e. The summed E-state index contributed by atoms with van der Waals surface area (Å²) in [5.74, 6) is 0.299. The minimum absolute atomic E-state index is 0.263. The van der Waals surface area contributed by atoms with Crippen LogP contribution in [0.4, 0.5) is 5.69 Å². The van der Waals surface area contributed by atoms with Crippen LogP contribution >= 0.6 is 15.9 Å². The van der Waals surface area contributed by atoms with Gasteiger partial charge in [0.25, 0.3) is 0 Å². The van der Waals surface area contributed by atoms with Gasteiger partial charge in [0.2, 0.25) is 0 Å². The van der Waals surface area contributed by atoms with Crippen LogP contribution in [0.3, 0.4) is 0 Å². The number of carbonyl (C=O) groups excluding carboxylic acids is 1. The van der Waals surface area contributed by atoms with Crippen molar-refractivity contribution < 1.29 is 14.3 Å². The van der Waals surface area contributed by atoms with Crippen LogP contribution in [0.15, 0.2) is 27.8 Å². The Morgan fingerprint density at radius 3 is 2.78 bits per heavy atom. The molecule has 0 bridgehead atoms. The lowest BCUT2D eigenvalue weighted by atomic mass is 10.3. The zero-order valence-corrected chi connectivity index (χ0v) is 12.1. The molecule has 0 radical (unpaired) electrons. The molecule has 1 aromatic carbocycles. The fourth-order valence-electron chi connectivity index (χ4n) is 1.14. The van der Waals surface area contributed by atoms with Crippen LogP contribution < -0.4 is 10.2 Å². The largest absolute Gasteiger partial charge is 0.497 e. The van der Waals surface area contributed by atoms with Gasteiger partial charge in [-0.05, 0) is 48.0 Å². The fraction of sp³-hybridized carbons (Fsp3) is 0.333. The molecule has 0 atom stereocenters. The second-order valence-corrected chi connectivity index (χ2v) is 4.23. The van der Waals surface area contributed by atoms with Crippen LogP contribution in [0.5, 0.6) is 5.75 Å². The molecule has 0 amide bonds. The van der Waals surface area contributed by atoms with Gasteiger partial charge in [-0.2, -0.15) is 5.10 Å². The van der Waals surface area contributed by atoms with Gasteiger partial charge in [-0.15, -0.1) is 0 Å². The van der Waals surface area contributed by atoms with E-state index in [0.29, 0.717) is 6.61 Å². The molecule has 0 unspecified atom stereocenters. The summed E-state index contributed by atoms with van der Waals surface area (Å²) >= 11 is 3.38. The number of nitrogens with one attached hydrogen (secondary N) is 1. The molecular weight excluding hydrogens is 300 g/mol. The van der Waals surface area contributed by atoms with Gasteiger partial charge in [0, 0.05) is 4.47 Å². The molecule has 0 aliphatic rings. The van der Waals surface area contributed by atoms with Crippen LogP contribution in [0.2, 0.25) is 0 Å². The Morgan fingerprint density at radius 1 is 1.50 bits per heavy atom. The lowest BCUT2D eigenvalue weighted by molar-refractivity contribution is -0.135. The molecule has 0 aromatic heterocycles. The molecule has 6 heteroatoms. The Hall–Kier alpha value is -1.56. The lowest BCUT2D eigenvalue weighted by Gasteiger charge is -2.07. The molecule has 0 fully saturated rings. The summed E-state index contributed by atoms with van der Waals surface area (Å²) in [6.07, 6.45) is 0. The summed E-state index contributed by atoms with van der Waals surface area (Å²) in [7, 11) is 1.60. The molecule has 18 heavy (non-hydrogen) atoms. The average molecular weight is 315 g/mol. The number of esters is 1. The molecule has 0 aliphatic carbocycles. The quantitative estimate of drug-likeness (QED) is 0.516. The number of hydrogen-bond donors (Lipinski definition) is 1. The number of benzene rings is 1. The number of ether oxygens (including phenoxy) is 2. The van der Waals surface area contributed by atoms with Gasteiger partial charge in [-0.3, -0.25) is 5.43 Å². The highest BCUT2D eigenvalue weighted by Gasteiger charge is 2.07. The molecular formula is C12H15BrN2O3. The van der Waals surface area contributed by atoms with Crippen molar-refractivity contribution in [2.75, 3.05) is 19.1 Å². The number of hydrogen-bond acceptors (Lipinski definition) is 5. The molecule has 1 aromatic rings. The van der Waals surface area contributed by atoms with E-state index in [2.05, 4.69) is 26.5 Å². The van der Waals surface area contributed by atoms with Gasteiger partial charge in [0.15, 0.2) is 0 Å². The molecule has 1 N–H and O–H groups in total. The molecule has 0 aliphatic heterocycles. The van der Waals surface area contributed by atoms with E-state index in [0.717, 1.165) is 15.9 Å². The van der Waals surface area contributed by atoms with Crippen molar-refractivity contribution in [3.05, 3.63) is 22.7 Å². The van der Waals surface area contributed by atoms with Gasteiger partial charge in [0.05, 0.1) is 19.4 Å². The number of methoxy groups -OCH3 is 1. The monoisotopic (exact) mass is 314 g/mol. The van der Waals surface area contributed by atoms with Gasteiger partial charge in [0.1, 0.15) is 11.5 Å². The molecule has 5 nitrogen and oxygen atoms in total. The fourth-order valence-corrected chi connectivity index (χ4v) is 1.59. The van der Waals surface area contributed by atoms with E-state index in [1.54, 1.807) is 39.2 Å². The topological polar surface area (TPSA) is 59.9 Å². The Balaban J connectivity index is 2.73. The standard InChI is InChI=1S/C12H15BrN2O3/c1-4-18-12(16)8(2)14-15-11-6-5-9(17-3)7-10(11)13/h5-7,15H,4H2,1-3H3. The first kappa shape index (κ1) is 14.5. The van der Waals surface area contributed by atoms with E-state index in [4.69, 9.17) is 9.47 Å². The Labute approximate surface area is 114 Å². The zero-order valence-electron chi connectivity index (χ0n) is 10.5. The second kappa shape index (κ2) is 7.00. The number of rotatable bonds is 5. The molecule has 0 heterocycles. The third-order valence-electron chi connectivity index (χ3n) is 2.09. The van der Waals surface area contributed by atoms with E-state index in [1.165, 1.54) is 0 Å². The van der Waals surface area contributed by atoms with Gasteiger partial charge >= 0.3 is 5.97 Å². The van der Waals surface area contributed by atoms with Crippen molar-refractivity contribution in [3.63, 3.8) is 0 Å². The van der Waals surface area contributed by atoms with Crippen LogP contribution in [-0.4, -0.2) is 25.4 Å². The smallest absolute Gasteiger partial charge is 0.354 e. The summed E-state index contributed by atoms with van der Waals surface area (Å²) in [6, 6.07) is 5.39. The predicted octanol–water partition coefficient (Wildman–Crippen LogP) is 2.81. The number of nitrogens with zero attached hydrogens (tertiary/aromatic N) is 1. The first-order chi connectivity index (χ1) is 8.58. The van der Waals surface area contributed by atoms with Gasteiger partial charge in [-0.25, -0.2) is 4.79 Å². The van der Waals surface area contributed by atoms with E-state index in [1.807, 2.05) is 0 Å². The van der Waals surface area contributed by atoms with Crippen molar-refractivity contribution in [2.45, 2.75) is 13.8 Å². The molecule has 98 valence electrons. The first-order valence-corrected chi connectivity index (χ1v) is 6.18. The number of anilines is 1. The SMILES string of the molecule is CCOC(=O)C(C)=NNc1ccc(OC)cc1Br. The normalized spacial score (nSPS) is 11.0. The first-order valence-electron chi connectivity index (χ1n) is 5.39. The van der Waals surface area contributed by atoms with Crippen molar-refractivity contribution in [1.82, 2.24) is 0 Å². The summed E-state index contributed by atoms with van der Waals surface area (Å²) < 4.78 is 10.7. The van der Waals surface area contributed by atoms with E-state index >= 15 is 0 Å². The maximum absolute atomic E-state index is 11.3. The Morgan fingerprint density at radius 2 is 2.22 bits per heavy atom. The Kier molecular flexibility index (Phi) is 5.64. The van der Waals surface area contributed by atoms with E-state index in [9.17, 15) is 4.79 Å². The van der Waals surface area contributed by atoms with Crippen LogP contribution in [0, 0.1) is 0 Å². The molecule has 0 saturated heterocycles. The highest BCUT2D eigenvalue weighted by molar-refractivity contribution is 9.10. The van der Waals surface area contributed by atoms with E-state index < -0.39 is 5.97 Å². The average Bonchev–Trinajstić information content (AvgIpc) is 2.37. The van der Waals surface area contributed by atoms with E-state index in [-0.39, 0.29) is 5.71 Å². The second-order valence-electron chi connectivity index (χ2n) is 3.38. The van der Waals surface area contributed by atoms with Crippen molar-refractivity contribution in [3.8, 4) is 5.75 Å². The minimum atomic E-state index is -0.436. The molecule has 1 rings (SSSR count). The number of carbonyl (C=O) groups is 1. The Bertz CT molecular complexity index is 461. The van der Waals surface area contributed by atoms with Crippen molar-refractivity contribution >= 4 is 33.3 Å². The van der Waals surface area contributed by atoms with Crippen molar-refractivity contribution in [2.24, 2.45) is 5.10 Å². The van der Waals surface area contributed by atoms with Crippen LogP contribution in [-0.2, 0) is 9.53 Å². The highest BCUT2D eigenvalue weighted by atomic mass is 79.9. The molecule has 0 saturated carbocycles. The summed E-state index contributed by atoms with van der Waals surface area (Å²) in [6.45, 7) is 3.67. The van der Waals surface area contributed by atoms with Gasteiger partial charge in [-0.1, -0.05) is 0 Å². The maximum atomic E-state index is 11.3. The highest BCUT2D eigenvalue weighted by Crippen LogP contribution is 2.26. The lowest BCUT2D eigenvalue weighted by Crippen LogP contribution is -2.15. The van der Waals surface area contributed by atoms with Crippen molar-refractivity contribution in [1.29, 1.82) is 0 Å². The van der Waals surface area contributed by atoms with Crippen LogP contribution in [0.1, 0.15) is 13.8 Å². The number of halogens is 1. The number of hydrazone groups is 1. The third-order valence-corrected chi connectivity index (χ3v) is 2.75. The maximum Gasteiger partial charge on any atom is 0.354 e. The van der Waals surface area contributed by atoms with Gasteiger partial charge < -0.3 is 9.47 Å². The summed E-state index contributed by atoms with van der Waals surface area (Å²) in [4.78, 5) is 11.3. The van der Waals surface area contributed by atoms with Crippen LogP contribution in [0.25, 0.3) is 0 Å². The summed E-state index contributed by atoms with van der Waals surface area (Å²) in [5, 5.41) is 3.95. The molecule has 0 spiro atoms.